The molecule has 1 aliphatic rings. The molecule has 0 spiro atoms. The van der Waals surface area contributed by atoms with Crippen LogP contribution in [-0.2, 0) is 22.7 Å². The van der Waals surface area contributed by atoms with Crippen LogP contribution in [0.4, 0.5) is 9.18 Å². The number of aliphatic imine (C=N–C) groups is 2. The maximum atomic E-state index is 13.7. The number of ether oxygens (including phenoxy) is 1. The zero-order valence-corrected chi connectivity index (χ0v) is 17.9. The van der Waals surface area contributed by atoms with Gasteiger partial charge in [0.2, 0.25) is 5.90 Å². The van der Waals surface area contributed by atoms with Gasteiger partial charge < -0.3 is 15.4 Å². The number of urea groups is 1. The monoisotopic (exact) mass is 454 g/mol. The Kier molecular flexibility index (Phi) is 7.29. The number of nitrogens with one attached hydrogen (secondary N) is 2. The van der Waals surface area contributed by atoms with Gasteiger partial charge in [-0.2, -0.15) is 4.99 Å². The van der Waals surface area contributed by atoms with Gasteiger partial charge in [-0.05, 0) is 43.0 Å². The van der Waals surface area contributed by atoms with Gasteiger partial charge >= 0.3 is 6.03 Å². The van der Waals surface area contributed by atoms with Crippen molar-refractivity contribution in [3.05, 3.63) is 35.1 Å². The minimum atomic E-state index is -1.15. The van der Waals surface area contributed by atoms with E-state index >= 15 is 0 Å². The van der Waals surface area contributed by atoms with Crippen molar-refractivity contribution in [1.82, 2.24) is 10.6 Å². The molecule has 28 heavy (non-hydrogen) atoms. The van der Waals surface area contributed by atoms with Crippen molar-refractivity contribution in [2.75, 3.05) is 6.54 Å². The molecule has 1 heterocycles. The van der Waals surface area contributed by atoms with Gasteiger partial charge in [-0.1, -0.05) is 35.8 Å². The normalized spacial score (nSPS) is 19.2. The zero-order valence-electron chi connectivity index (χ0n) is 16.3. The van der Waals surface area contributed by atoms with Crippen molar-refractivity contribution < 1.29 is 18.7 Å². The second-order valence-corrected chi connectivity index (χ2v) is 7.91. The van der Waals surface area contributed by atoms with Crippen LogP contribution in [0.15, 0.2) is 28.2 Å². The van der Waals surface area contributed by atoms with Crippen molar-refractivity contribution in [2.45, 2.75) is 45.2 Å². The van der Waals surface area contributed by atoms with Crippen molar-refractivity contribution in [2.24, 2.45) is 15.9 Å². The molecule has 0 radical (unpaired) electrons. The molecule has 1 aromatic carbocycles. The number of hydrogen-bond donors (Lipinski definition) is 2. The molecule has 1 atom stereocenters. The first-order valence-electron chi connectivity index (χ1n) is 8.98. The van der Waals surface area contributed by atoms with Crippen molar-refractivity contribution >= 4 is 39.6 Å². The summed E-state index contributed by atoms with van der Waals surface area (Å²) < 4.78 is 18.4. The zero-order chi connectivity index (χ0) is 20.9. The Bertz CT molecular complexity index is 825. The lowest BCUT2D eigenvalue weighted by atomic mass is 9.93. The molecule has 7 nitrogen and oxygen atoms in total. The highest BCUT2D eigenvalue weighted by molar-refractivity contribution is 9.10. The van der Waals surface area contributed by atoms with E-state index in [1.54, 1.807) is 19.9 Å². The van der Waals surface area contributed by atoms with E-state index in [0.717, 1.165) is 0 Å². The van der Waals surface area contributed by atoms with Crippen LogP contribution >= 0.6 is 15.9 Å². The lowest BCUT2D eigenvalue weighted by molar-refractivity contribution is -0.119. The molecule has 3 amide bonds. The molecule has 0 saturated heterocycles. The lowest BCUT2D eigenvalue weighted by Gasteiger charge is -2.31. The topological polar surface area (TPSA) is 92.2 Å². The molecule has 0 aromatic heterocycles. The predicted molar refractivity (Wildman–Crippen MR) is 109 cm³/mol. The molecule has 2 N–H and O–H groups in total. The van der Waals surface area contributed by atoms with E-state index in [4.69, 9.17) is 4.74 Å². The van der Waals surface area contributed by atoms with Crippen LogP contribution in [-0.4, -0.2) is 34.5 Å². The first-order valence-corrected chi connectivity index (χ1v) is 9.77. The smallest absolute Gasteiger partial charge is 0.315 e. The third-order valence-electron chi connectivity index (χ3n) is 4.25. The van der Waals surface area contributed by atoms with Crippen LogP contribution in [0.5, 0.6) is 0 Å². The minimum absolute atomic E-state index is 0.0617. The second-order valence-electron chi connectivity index (χ2n) is 6.66. The summed E-state index contributed by atoms with van der Waals surface area (Å²) in [4.78, 5) is 32.3. The van der Waals surface area contributed by atoms with E-state index in [2.05, 4.69) is 36.5 Å². The molecular weight excluding hydrogens is 431 g/mol. The van der Waals surface area contributed by atoms with Gasteiger partial charge in [-0.15, -0.1) is 0 Å². The maximum absolute atomic E-state index is 13.7. The van der Waals surface area contributed by atoms with Gasteiger partial charge in [0, 0.05) is 13.1 Å². The van der Waals surface area contributed by atoms with Crippen LogP contribution in [0.3, 0.4) is 0 Å². The third kappa shape index (κ3) is 4.95. The summed E-state index contributed by atoms with van der Waals surface area (Å²) in [6, 6.07) is 3.90. The van der Waals surface area contributed by atoms with Gasteiger partial charge in [-0.3, -0.25) is 4.79 Å². The van der Waals surface area contributed by atoms with E-state index < -0.39 is 10.1 Å². The Hall–Kier alpha value is -2.29. The van der Waals surface area contributed by atoms with Gasteiger partial charge in [0.1, 0.15) is 18.3 Å². The van der Waals surface area contributed by atoms with E-state index in [-0.39, 0.29) is 36.9 Å². The average Bonchev–Trinajstić information content (AvgIpc) is 2.62. The number of halogens is 2. The summed E-state index contributed by atoms with van der Waals surface area (Å²) in [5.41, 5.74) is 1.25. The summed E-state index contributed by atoms with van der Waals surface area (Å²) in [6.45, 7) is 7.84. The minimum Gasteiger partial charge on any atom is -0.474 e. The van der Waals surface area contributed by atoms with Crippen LogP contribution in [0.1, 0.15) is 38.8 Å². The van der Waals surface area contributed by atoms with Crippen LogP contribution in [0, 0.1) is 11.7 Å². The fourth-order valence-corrected chi connectivity index (χ4v) is 2.94. The third-order valence-corrected chi connectivity index (χ3v) is 5.85. The van der Waals surface area contributed by atoms with E-state index in [1.165, 1.54) is 12.1 Å². The van der Waals surface area contributed by atoms with Crippen molar-refractivity contribution in [3.63, 3.8) is 0 Å². The number of benzene rings is 1. The molecule has 1 aromatic rings. The number of amidine groups is 1. The van der Waals surface area contributed by atoms with Gasteiger partial charge in [0.05, 0.1) is 0 Å². The SMILES string of the molecule is CCNC(=O)NCc1cc(F)ccc1COC1=NC(C)=NC(=O)C1(Br)C(C)C. The highest BCUT2D eigenvalue weighted by atomic mass is 79.9. The summed E-state index contributed by atoms with van der Waals surface area (Å²) >= 11 is 3.45. The number of alkyl halides is 1. The number of amides is 3. The molecule has 0 fully saturated rings. The standard InChI is InChI=1S/C19H24BrFN4O3/c1-5-22-18(27)23-9-14-8-15(21)7-6-13(14)10-28-17-19(20,11(2)3)16(26)24-12(4)25-17/h6-8,11H,5,9-10H2,1-4H3,(H2,22,23,27). The van der Waals surface area contributed by atoms with Crippen LogP contribution in [0.2, 0.25) is 0 Å². The van der Waals surface area contributed by atoms with E-state index in [9.17, 15) is 14.0 Å². The predicted octanol–water partition coefficient (Wildman–Crippen LogP) is 3.31. The fourth-order valence-electron chi connectivity index (χ4n) is 2.65. The van der Waals surface area contributed by atoms with Crippen molar-refractivity contribution in [1.29, 1.82) is 0 Å². The highest BCUT2D eigenvalue weighted by Crippen LogP contribution is 2.34. The molecule has 0 aliphatic carbocycles. The maximum Gasteiger partial charge on any atom is 0.315 e. The van der Waals surface area contributed by atoms with E-state index in [0.29, 0.717) is 23.5 Å². The van der Waals surface area contributed by atoms with E-state index in [1.807, 2.05) is 13.8 Å². The molecule has 9 heteroatoms. The van der Waals surface area contributed by atoms with Gasteiger partial charge in [-0.25, -0.2) is 14.2 Å². The number of rotatable bonds is 6. The number of carbonyl (C=O) groups is 2. The Labute approximate surface area is 172 Å². The summed E-state index contributed by atoms with van der Waals surface area (Å²) in [5.74, 6) is -0.411. The summed E-state index contributed by atoms with van der Waals surface area (Å²) in [5, 5.41) is 5.28. The molecule has 1 aliphatic heterocycles. The first kappa shape index (κ1) is 22.0. The van der Waals surface area contributed by atoms with Crippen LogP contribution < -0.4 is 10.6 Å². The Morgan fingerprint density at radius 3 is 2.64 bits per heavy atom. The Balaban J connectivity index is 2.20. The fraction of sp³-hybridized carbons (Fsp3) is 0.474. The largest absolute Gasteiger partial charge is 0.474 e. The first-order chi connectivity index (χ1) is 13.2. The highest BCUT2D eigenvalue weighted by Gasteiger charge is 2.48. The average molecular weight is 455 g/mol. The molecule has 1 unspecified atom stereocenters. The quantitative estimate of drug-likeness (QED) is 0.645. The molecule has 152 valence electrons. The summed E-state index contributed by atoms with van der Waals surface area (Å²) in [6.07, 6.45) is 0. The number of hydrogen-bond acceptors (Lipinski definition) is 4. The Morgan fingerprint density at radius 2 is 2.00 bits per heavy atom. The Morgan fingerprint density at radius 1 is 1.29 bits per heavy atom. The molecular formula is C19H24BrFN4O3. The van der Waals surface area contributed by atoms with Gasteiger partial charge in [0.15, 0.2) is 4.32 Å². The number of nitrogens with zero attached hydrogens (tertiary/aromatic N) is 2. The van der Waals surface area contributed by atoms with Crippen molar-refractivity contribution in [3.8, 4) is 0 Å². The number of carbonyl (C=O) groups excluding carboxylic acids is 2. The summed E-state index contributed by atoms with van der Waals surface area (Å²) in [7, 11) is 0. The lowest BCUT2D eigenvalue weighted by Crippen LogP contribution is -2.48. The second kappa shape index (κ2) is 9.27. The molecule has 2 rings (SSSR count). The van der Waals surface area contributed by atoms with Crippen LogP contribution in [0.25, 0.3) is 0 Å². The molecule has 0 saturated carbocycles. The molecule has 0 bridgehead atoms. The van der Waals surface area contributed by atoms with Gasteiger partial charge in [0.25, 0.3) is 5.91 Å².